The lowest BCUT2D eigenvalue weighted by Crippen LogP contribution is -2.34. The van der Waals surface area contributed by atoms with Crippen molar-refractivity contribution in [3.8, 4) is 11.4 Å². The second-order valence-corrected chi connectivity index (χ2v) is 7.25. The van der Waals surface area contributed by atoms with Gasteiger partial charge in [-0.2, -0.15) is 0 Å². The van der Waals surface area contributed by atoms with E-state index in [0.717, 1.165) is 29.7 Å². The number of benzene rings is 1. The van der Waals surface area contributed by atoms with E-state index in [1.807, 2.05) is 29.8 Å². The Kier molecular flexibility index (Phi) is 4.36. The predicted octanol–water partition coefficient (Wildman–Crippen LogP) is 2.48. The first-order chi connectivity index (χ1) is 12.6. The number of aromatic nitrogens is 4. The van der Waals surface area contributed by atoms with E-state index in [1.54, 1.807) is 12.0 Å². The number of likely N-dealkylation sites (tertiary alicyclic amines) is 1. The summed E-state index contributed by atoms with van der Waals surface area (Å²) >= 11 is 0. The van der Waals surface area contributed by atoms with Gasteiger partial charge in [0.05, 0.1) is 17.8 Å². The van der Waals surface area contributed by atoms with Gasteiger partial charge in [0.1, 0.15) is 0 Å². The van der Waals surface area contributed by atoms with Crippen LogP contribution in [-0.4, -0.2) is 57.4 Å². The summed E-state index contributed by atoms with van der Waals surface area (Å²) in [6.07, 6.45) is 2.06. The standard InChI is InChI=1S/C18H24N6O2/c1-11-5-4-6-14(17-20-21-22-24(17)15-9-12(15)2)16(11)19-18(25)23-8-7-13(10-23)26-3/h4-6,12-13,15H,7-10H2,1-3H3,(H,19,25)/t12-,13?,15-/m1/s1. The summed E-state index contributed by atoms with van der Waals surface area (Å²) in [5.41, 5.74) is 2.60. The molecule has 4 rings (SSSR count). The first-order valence-corrected chi connectivity index (χ1v) is 9.05. The highest BCUT2D eigenvalue weighted by Gasteiger charge is 2.38. The Bertz CT molecular complexity index is 820. The number of urea groups is 1. The smallest absolute Gasteiger partial charge is 0.321 e. The molecular weight excluding hydrogens is 332 g/mol. The van der Waals surface area contributed by atoms with Crippen LogP contribution < -0.4 is 5.32 Å². The minimum atomic E-state index is -0.112. The molecular formula is C18H24N6O2. The second kappa shape index (κ2) is 6.68. The van der Waals surface area contributed by atoms with Crippen LogP contribution in [0.1, 0.15) is 31.4 Å². The summed E-state index contributed by atoms with van der Waals surface area (Å²) in [4.78, 5) is 14.5. The molecule has 0 spiro atoms. The van der Waals surface area contributed by atoms with Crippen LogP contribution in [0.15, 0.2) is 18.2 Å². The number of nitrogens with zero attached hydrogens (tertiary/aromatic N) is 5. The number of tetrazole rings is 1. The number of rotatable bonds is 4. The lowest BCUT2D eigenvalue weighted by Gasteiger charge is -2.20. The van der Waals surface area contributed by atoms with Crippen molar-refractivity contribution in [1.29, 1.82) is 0 Å². The number of aryl methyl sites for hydroxylation is 1. The molecule has 1 saturated heterocycles. The first kappa shape index (κ1) is 17.0. The van der Waals surface area contributed by atoms with Crippen molar-refractivity contribution >= 4 is 11.7 Å². The van der Waals surface area contributed by atoms with Gasteiger partial charge in [-0.15, -0.1) is 5.10 Å². The largest absolute Gasteiger partial charge is 0.380 e. The SMILES string of the molecule is COC1CCN(C(=O)Nc2c(C)cccc2-c2nnnn2[C@@H]2C[C@H]2C)C1. The third kappa shape index (κ3) is 3.05. The monoisotopic (exact) mass is 356 g/mol. The Labute approximate surface area is 152 Å². The van der Waals surface area contributed by atoms with Gasteiger partial charge in [-0.25, -0.2) is 9.48 Å². The van der Waals surface area contributed by atoms with E-state index in [4.69, 9.17) is 4.74 Å². The van der Waals surface area contributed by atoms with Crippen LogP contribution in [0, 0.1) is 12.8 Å². The highest BCUT2D eigenvalue weighted by atomic mass is 16.5. The van der Waals surface area contributed by atoms with Crippen LogP contribution >= 0.6 is 0 Å². The molecule has 138 valence electrons. The summed E-state index contributed by atoms with van der Waals surface area (Å²) in [7, 11) is 1.68. The van der Waals surface area contributed by atoms with E-state index in [1.165, 1.54) is 0 Å². The molecule has 1 saturated carbocycles. The van der Waals surface area contributed by atoms with E-state index in [-0.39, 0.29) is 12.1 Å². The molecule has 2 amide bonds. The van der Waals surface area contributed by atoms with Crippen molar-refractivity contribution in [2.75, 3.05) is 25.5 Å². The zero-order valence-electron chi connectivity index (χ0n) is 15.3. The maximum atomic E-state index is 12.7. The second-order valence-electron chi connectivity index (χ2n) is 7.25. The number of ether oxygens (including phenoxy) is 1. The molecule has 1 aromatic carbocycles. The van der Waals surface area contributed by atoms with E-state index in [2.05, 4.69) is 27.8 Å². The van der Waals surface area contributed by atoms with E-state index >= 15 is 0 Å². The van der Waals surface area contributed by atoms with Crippen molar-refractivity contribution in [3.63, 3.8) is 0 Å². The molecule has 2 aliphatic rings. The number of carbonyl (C=O) groups excluding carboxylic acids is 1. The van der Waals surface area contributed by atoms with Gasteiger partial charge in [0.25, 0.3) is 0 Å². The van der Waals surface area contributed by atoms with Crippen molar-refractivity contribution in [1.82, 2.24) is 25.1 Å². The fourth-order valence-corrected chi connectivity index (χ4v) is 3.55. The minimum absolute atomic E-state index is 0.112. The van der Waals surface area contributed by atoms with Crippen LogP contribution in [0.4, 0.5) is 10.5 Å². The molecule has 1 N–H and O–H groups in total. The quantitative estimate of drug-likeness (QED) is 0.910. The lowest BCUT2D eigenvalue weighted by atomic mass is 10.1. The Morgan fingerprint density at radius 2 is 2.19 bits per heavy atom. The molecule has 26 heavy (non-hydrogen) atoms. The summed E-state index contributed by atoms with van der Waals surface area (Å²) < 4.78 is 7.24. The molecule has 0 bridgehead atoms. The average Bonchev–Trinajstić information content (AvgIpc) is 3.07. The zero-order valence-corrected chi connectivity index (χ0v) is 15.3. The lowest BCUT2D eigenvalue weighted by molar-refractivity contribution is 0.111. The van der Waals surface area contributed by atoms with Crippen molar-refractivity contribution in [2.24, 2.45) is 5.92 Å². The topological polar surface area (TPSA) is 85.2 Å². The molecule has 2 heterocycles. The molecule has 1 aliphatic carbocycles. The van der Waals surface area contributed by atoms with Crippen LogP contribution in [0.5, 0.6) is 0 Å². The van der Waals surface area contributed by atoms with Gasteiger partial charge in [-0.1, -0.05) is 19.1 Å². The Morgan fingerprint density at radius 1 is 1.38 bits per heavy atom. The van der Waals surface area contributed by atoms with Gasteiger partial charge in [-0.05, 0) is 47.7 Å². The predicted molar refractivity (Wildman–Crippen MR) is 96.8 cm³/mol. The third-order valence-corrected chi connectivity index (χ3v) is 5.39. The Balaban J connectivity index is 1.61. The number of carbonyl (C=O) groups is 1. The van der Waals surface area contributed by atoms with Crippen molar-refractivity contribution in [2.45, 2.75) is 38.8 Å². The molecule has 1 aromatic heterocycles. The summed E-state index contributed by atoms with van der Waals surface area (Å²) in [6.45, 7) is 5.48. The zero-order chi connectivity index (χ0) is 18.3. The van der Waals surface area contributed by atoms with Gasteiger partial charge < -0.3 is 15.0 Å². The van der Waals surface area contributed by atoms with Crippen LogP contribution in [0.3, 0.4) is 0 Å². The van der Waals surface area contributed by atoms with Gasteiger partial charge in [-0.3, -0.25) is 0 Å². The van der Waals surface area contributed by atoms with Crippen molar-refractivity contribution < 1.29 is 9.53 Å². The number of hydrogen-bond acceptors (Lipinski definition) is 5. The summed E-state index contributed by atoms with van der Waals surface area (Å²) in [6, 6.07) is 6.13. The number of anilines is 1. The fraction of sp³-hybridized carbons (Fsp3) is 0.556. The molecule has 1 aliphatic heterocycles. The van der Waals surface area contributed by atoms with Gasteiger partial charge >= 0.3 is 6.03 Å². The van der Waals surface area contributed by atoms with Gasteiger partial charge in [0.2, 0.25) is 0 Å². The van der Waals surface area contributed by atoms with E-state index in [0.29, 0.717) is 30.9 Å². The van der Waals surface area contributed by atoms with Gasteiger partial charge in [0.15, 0.2) is 5.82 Å². The number of amides is 2. The van der Waals surface area contributed by atoms with Gasteiger partial charge in [0, 0.05) is 25.8 Å². The average molecular weight is 356 g/mol. The maximum Gasteiger partial charge on any atom is 0.321 e. The van der Waals surface area contributed by atoms with Crippen LogP contribution in [0.2, 0.25) is 0 Å². The first-order valence-electron chi connectivity index (χ1n) is 9.05. The molecule has 8 nitrogen and oxygen atoms in total. The van der Waals surface area contributed by atoms with Crippen molar-refractivity contribution in [3.05, 3.63) is 23.8 Å². The molecule has 1 unspecified atom stereocenters. The van der Waals surface area contributed by atoms with Crippen LogP contribution in [0.25, 0.3) is 11.4 Å². The number of para-hydroxylation sites is 1. The molecule has 3 atom stereocenters. The minimum Gasteiger partial charge on any atom is -0.380 e. The molecule has 0 radical (unpaired) electrons. The molecule has 2 aromatic rings. The van der Waals surface area contributed by atoms with Crippen LogP contribution in [-0.2, 0) is 4.74 Å². The Morgan fingerprint density at radius 3 is 2.88 bits per heavy atom. The number of methoxy groups -OCH3 is 1. The summed E-state index contributed by atoms with van der Waals surface area (Å²) in [5, 5.41) is 15.3. The number of nitrogens with one attached hydrogen (secondary N) is 1. The molecule has 8 heteroatoms. The van der Waals surface area contributed by atoms with E-state index in [9.17, 15) is 4.79 Å². The van der Waals surface area contributed by atoms with E-state index < -0.39 is 0 Å². The Hall–Kier alpha value is -2.48. The summed E-state index contributed by atoms with van der Waals surface area (Å²) in [5.74, 6) is 1.28. The maximum absolute atomic E-state index is 12.7. The normalized spacial score (nSPS) is 24.7. The third-order valence-electron chi connectivity index (χ3n) is 5.39. The fourth-order valence-electron chi connectivity index (χ4n) is 3.55. The molecule has 2 fully saturated rings. The number of hydrogen-bond donors (Lipinski definition) is 1. The highest BCUT2D eigenvalue weighted by Crippen LogP contribution is 2.44. The highest BCUT2D eigenvalue weighted by molar-refractivity contribution is 5.95.